The number of anilines is 1. The topological polar surface area (TPSA) is 65.4 Å². The van der Waals surface area contributed by atoms with Crippen LogP contribution in [0.15, 0.2) is 24.3 Å². The third-order valence-electron chi connectivity index (χ3n) is 4.40. The van der Waals surface area contributed by atoms with E-state index < -0.39 is 11.7 Å². The minimum Gasteiger partial charge on any atom is -0.378 e. The van der Waals surface area contributed by atoms with Crippen molar-refractivity contribution in [3.8, 4) is 5.69 Å². The number of hydrogen-bond donors (Lipinski definition) is 1. The van der Waals surface area contributed by atoms with E-state index in [1.54, 1.807) is 13.0 Å². The molecule has 0 bridgehead atoms. The number of alkyl halides is 3. The van der Waals surface area contributed by atoms with Gasteiger partial charge in [-0.3, -0.25) is 4.79 Å². The Kier molecular flexibility index (Phi) is 6.81. The summed E-state index contributed by atoms with van der Waals surface area (Å²) in [5.41, 5.74) is -0.312. The monoisotopic (exact) mass is 431 g/mol. The first kappa shape index (κ1) is 21.6. The first-order valence-electron chi connectivity index (χ1n) is 9.17. The Bertz CT molecular complexity index is 864. The van der Waals surface area contributed by atoms with Gasteiger partial charge in [-0.2, -0.15) is 18.3 Å². The molecular formula is C19H21ClF3N3O3. The van der Waals surface area contributed by atoms with Crippen LogP contribution in [-0.2, 0) is 20.4 Å². The summed E-state index contributed by atoms with van der Waals surface area (Å²) in [5, 5.41) is 6.90. The highest BCUT2D eigenvalue weighted by atomic mass is 35.5. The van der Waals surface area contributed by atoms with Gasteiger partial charge in [-0.1, -0.05) is 11.6 Å². The lowest BCUT2D eigenvalue weighted by atomic mass is 10.2. The molecule has 0 spiro atoms. The molecular weight excluding hydrogens is 411 g/mol. The molecule has 1 aliphatic rings. The Labute approximate surface area is 170 Å². The van der Waals surface area contributed by atoms with Crippen LogP contribution in [0.4, 0.5) is 19.0 Å². The molecule has 1 amide bonds. The summed E-state index contributed by atoms with van der Waals surface area (Å²) < 4.78 is 51.2. The molecule has 2 aromatic rings. The van der Waals surface area contributed by atoms with Crippen molar-refractivity contribution in [2.75, 3.05) is 25.1 Å². The third-order valence-corrected chi connectivity index (χ3v) is 4.72. The zero-order valence-electron chi connectivity index (χ0n) is 15.8. The van der Waals surface area contributed by atoms with Crippen LogP contribution < -0.4 is 5.32 Å². The van der Waals surface area contributed by atoms with Crippen molar-refractivity contribution in [1.82, 2.24) is 9.78 Å². The lowest BCUT2D eigenvalue weighted by Gasteiger charge is -2.13. The summed E-state index contributed by atoms with van der Waals surface area (Å²) in [5.74, 6) is -0.116. The highest BCUT2D eigenvalue weighted by molar-refractivity contribution is 6.32. The third kappa shape index (κ3) is 5.71. The number of halogens is 4. The summed E-state index contributed by atoms with van der Waals surface area (Å²) in [7, 11) is 0. The normalized spacial score (nSPS) is 16.9. The number of carbonyl (C=O) groups is 1. The molecule has 2 heterocycles. The van der Waals surface area contributed by atoms with Crippen molar-refractivity contribution in [3.05, 3.63) is 40.5 Å². The number of amides is 1. The number of hydrogen-bond acceptors (Lipinski definition) is 4. The highest BCUT2D eigenvalue weighted by Crippen LogP contribution is 2.34. The maximum Gasteiger partial charge on any atom is 0.416 e. The summed E-state index contributed by atoms with van der Waals surface area (Å²) in [6.07, 6.45) is -2.40. The summed E-state index contributed by atoms with van der Waals surface area (Å²) >= 11 is 6.09. The van der Waals surface area contributed by atoms with Crippen molar-refractivity contribution >= 4 is 23.3 Å². The van der Waals surface area contributed by atoms with Crippen LogP contribution in [0.25, 0.3) is 5.69 Å². The molecule has 158 valence electrons. The number of aryl methyl sites for hydroxylation is 1. The zero-order chi connectivity index (χ0) is 21.0. The predicted molar refractivity (Wildman–Crippen MR) is 101 cm³/mol. The second-order valence-corrected chi connectivity index (χ2v) is 7.16. The van der Waals surface area contributed by atoms with Crippen LogP contribution in [0.3, 0.4) is 0 Å². The van der Waals surface area contributed by atoms with Gasteiger partial charge >= 0.3 is 6.18 Å². The first-order chi connectivity index (χ1) is 13.7. The van der Waals surface area contributed by atoms with Gasteiger partial charge in [0.15, 0.2) is 0 Å². The summed E-state index contributed by atoms with van der Waals surface area (Å²) in [4.78, 5) is 12.2. The number of nitrogens with zero attached hydrogens (tertiary/aromatic N) is 2. The Hall–Kier alpha value is -2.10. The van der Waals surface area contributed by atoms with E-state index in [4.69, 9.17) is 21.1 Å². The Morgan fingerprint density at radius 2 is 2.21 bits per heavy atom. The van der Waals surface area contributed by atoms with Gasteiger partial charge in [0.1, 0.15) is 5.82 Å². The lowest BCUT2D eigenvalue weighted by molar-refractivity contribution is -0.137. The molecule has 0 radical (unpaired) electrons. The molecule has 0 aliphatic carbocycles. The molecule has 6 nitrogen and oxygen atoms in total. The maximum absolute atomic E-state index is 13.1. The Balaban J connectivity index is 1.66. The molecule has 1 fully saturated rings. The minimum absolute atomic E-state index is 0.0273. The van der Waals surface area contributed by atoms with Crippen molar-refractivity contribution < 1.29 is 27.4 Å². The van der Waals surface area contributed by atoms with Gasteiger partial charge < -0.3 is 14.8 Å². The van der Waals surface area contributed by atoms with E-state index in [1.165, 1.54) is 4.68 Å². The fourth-order valence-corrected chi connectivity index (χ4v) is 3.18. The Morgan fingerprint density at radius 3 is 2.90 bits per heavy atom. The van der Waals surface area contributed by atoms with E-state index in [9.17, 15) is 18.0 Å². The van der Waals surface area contributed by atoms with Crippen LogP contribution in [0.1, 0.15) is 30.5 Å². The molecule has 1 N–H and O–H groups in total. The van der Waals surface area contributed by atoms with Crippen LogP contribution in [0.2, 0.25) is 5.02 Å². The minimum atomic E-state index is -4.52. The van der Waals surface area contributed by atoms with Crippen molar-refractivity contribution in [1.29, 1.82) is 0 Å². The fourth-order valence-electron chi connectivity index (χ4n) is 2.98. The van der Waals surface area contributed by atoms with E-state index in [-0.39, 0.29) is 41.6 Å². The van der Waals surface area contributed by atoms with Gasteiger partial charge in [-0.25, -0.2) is 4.68 Å². The van der Waals surface area contributed by atoms with Crippen LogP contribution in [0.5, 0.6) is 0 Å². The van der Waals surface area contributed by atoms with Crippen LogP contribution >= 0.6 is 11.6 Å². The molecule has 1 aliphatic heterocycles. The molecule has 10 heteroatoms. The van der Waals surface area contributed by atoms with E-state index in [2.05, 4.69) is 10.4 Å². The van der Waals surface area contributed by atoms with E-state index in [1.807, 2.05) is 0 Å². The quantitative estimate of drug-likeness (QED) is 0.661. The Morgan fingerprint density at radius 1 is 1.41 bits per heavy atom. The molecule has 1 aromatic heterocycles. The molecule has 29 heavy (non-hydrogen) atoms. The SMILES string of the molecule is Cc1cc(NC(=O)CCOCC2CCCO2)n(-c2cc(C(F)(F)F)ccc2Cl)n1. The van der Waals surface area contributed by atoms with E-state index >= 15 is 0 Å². The smallest absolute Gasteiger partial charge is 0.378 e. The number of rotatable bonds is 7. The van der Waals surface area contributed by atoms with Crippen LogP contribution in [0, 0.1) is 6.92 Å². The average molecular weight is 432 g/mol. The second-order valence-electron chi connectivity index (χ2n) is 6.75. The highest BCUT2D eigenvalue weighted by Gasteiger charge is 2.31. The number of aromatic nitrogens is 2. The lowest BCUT2D eigenvalue weighted by Crippen LogP contribution is -2.19. The number of benzene rings is 1. The van der Waals surface area contributed by atoms with Gasteiger partial charge in [0, 0.05) is 12.7 Å². The zero-order valence-corrected chi connectivity index (χ0v) is 16.5. The molecule has 1 saturated heterocycles. The number of ether oxygens (including phenoxy) is 2. The van der Waals surface area contributed by atoms with Gasteiger partial charge in [0.2, 0.25) is 5.91 Å². The molecule has 3 rings (SSSR count). The van der Waals surface area contributed by atoms with Gasteiger partial charge in [-0.05, 0) is 38.0 Å². The number of nitrogens with one attached hydrogen (secondary N) is 1. The standard InChI is InChI=1S/C19H21ClF3N3O3/c1-12-9-17(24-18(27)6-8-28-11-14-3-2-7-29-14)26(25-12)16-10-13(19(21,22)23)4-5-15(16)20/h4-5,9-10,14H,2-3,6-8,11H2,1H3,(H,24,27). The molecule has 1 aromatic carbocycles. The van der Waals surface area contributed by atoms with Gasteiger partial charge in [0.25, 0.3) is 0 Å². The van der Waals surface area contributed by atoms with E-state index in [0.29, 0.717) is 12.3 Å². The predicted octanol–water partition coefficient (Wildman–Crippen LogP) is 4.38. The van der Waals surface area contributed by atoms with Gasteiger partial charge in [0.05, 0.1) is 47.7 Å². The summed E-state index contributed by atoms with van der Waals surface area (Å²) in [6, 6.07) is 4.50. The van der Waals surface area contributed by atoms with Crippen molar-refractivity contribution in [2.24, 2.45) is 0 Å². The fraction of sp³-hybridized carbons (Fsp3) is 0.474. The van der Waals surface area contributed by atoms with Crippen molar-refractivity contribution in [2.45, 2.75) is 38.5 Å². The van der Waals surface area contributed by atoms with E-state index in [0.717, 1.165) is 37.6 Å². The maximum atomic E-state index is 13.1. The molecule has 0 saturated carbocycles. The first-order valence-corrected chi connectivity index (χ1v) is 9.55. The average Bonchev–Trinajstić information content (AvgIpc) is 3.28. The van der Waals surface area contributed by atoms with Crippen molar-refractivity contribution in [3.63, 3.8) is 0 Å². The molecule has 1 atom stereocenters. The second kappa shape index (κ2) is 9.15. The summed E-state index contributed by atoms with van der Waals surface area (Å²) in [6.45, 7) is 3.04. The molecule has 1 unspecified atom stereocenters. The number of carbonyl (C=O) groups excluding carboxylic acids is 1. The largest absolute Gasteiger partial charge is 0.416 e. The van der Waals surface area contributed by atoms with Gasteiger partial charge in [-0.15, -0.1) is 0 Å². The van der Waals surface area contributed by atoms with Crippen LogP contribution in [-0.4, -0.2) is 41.6 Å².